The lowest BCUT2D eigenvalue weighted by molar-refractivity contribution is -0.201. The van der Waals surface area contributed by atoms with Gasteiger partial charge in [0.15, 0.2) is 0 Å². The second-order valence-corrected chi connectivity index (χ2v) is 11.7. The number of hydrogen-bond acceptors (Lipinski definition) is 4. The third-order valence-electron chi connectivity index (χ3n) is 10.4. The number of fused-ring (bicyclic) bond motifs is 5. The Kier molecular flexibility index (Phi) is 6.58. The third kappa shape index (κ3) is 3.99. The van der Waals surface area contributed by atoms with Gasteiger partial charge in [-0.05, 0) is 91.3 Å². The van der Waals surface area contributed by atoms with Gasteiger partial charge in [0.2, 0.25) is 0 Å². The van der Waals surface area contributed by atoms with Crippen molar-refractivity contribution >= 4 is 11.8 Å². The summed E-state index contributed by atoms with van der Waals surface area (Å²) in [6, 6.07) is 0. The van der Waals surface area contributed by atoms with Crippen LogP contribution in [0.3, 0.4) is 0 Å². The molecule has 4 saturated carbocycles. The number of carboxylic acids is 1. The van der Waals surface area contributed by atoms with Crippen LogP contribution in [0.25, 0.3) is 0 Å². The van der Waals surface area contributed by atoms with Crippen molar-refractivity contribution in [1.29, 1.82) is 0 Å². The molecule has 0 aromatic heterocycles. The molecule has 0 bridgehead atoms. The second kappa shape index (κ2) is 8.78. The minimum Gasteiger partial charge on any atom is -0.481 e. The Balaban J connectivity index is 1.60. The summed E-state index contributed by atoms with van der Waals surface area (Å²) < 4.78 is 11.7. The molecule has 5 heteroatoms. The van der Waals surface area contributed by atoms with Gasteiger partial charge >= 0.3 is 5.97 Å². The summed E-state index contributed by atoms with van der Waals surface area (Å²) in [7, 11) is 1.69. The lowest BCUT2D eigenvalue weighted by atomic mass is 9.43. The van der Waals surface area contributed by atoms with E-state index in [0.29, 0.717) is 48.1 Å². The number of rotatable bonds is 7. The molecule has 4 fully saturated rings. The van der Waals surface area contributed by atoms with E-state index in [1.807, 2.05) is 0 Å². The molecule has 4 aliphatic rings. The maximum atomic E-state index is 12.3. The number of carbonyl (C=O) groups excluding carboxylic acids is 1. The van der Waals surface area contributed by atoms with Crippen molar-refractivity contribution in [2.45, 2.75) is 91.1 Å². The SMILES string of the molecule is COCO[C@@H]1C[C@H]2CC(=O)CC[C@]2(C)[C@H]2CC[C@]3(C)[C@@H]([C@H](C)CCC(=O)O)CC[C@H]3[C@H]12. The highest BCUT2D eigenvalue weighted by atomic mass is 16.7. The fourth-order valence-corrected chi connectivity index (χ4v) is 8.85. The molecule has 0 amide bonds. The topological polar surface area (TPSA) is 72.8 Å². The zero-order chi connectivity index (χ0) is 22.4. The summed E-state index contributed by atoms with van der Waals surface area (Å²) in [6.45, 7) is 7.57. The Morgan fingerprint density at radius 2 is 1.90 bits per heavy atom. The first kappa shape index (κ1) is 23.2. The minimum atomic E-state index is -0.679. The molecular weight excluding hydrogens is 392 g/mol. The third-order valence-corrected chi connectivity index (χ3v) is 10.4. The second-order valence-electron chi connectivity index (χ2n) is 11.7. The zero-order valence-electron chi connectivity index (χ0n) is 19.9. The molecular formula is C26H42O5. The van der Waals surface area contributed by atoms with E-state index < -0.39 is 5.97 Å². The molecule has 0 radical (unpaired) electrons. The minimum absolute atomic E-state index is 0.173. The summed E-state index contributed by atoms with van der Waals surface area (Å²) >= 11 is 0. The van der Waals surface area contributed by atoms with Gasteiger partial charge in [-0.15, -0.1) is 0 Å². The largest absolute Gasteiger partial charge is 0.481 e. The highest BCUT2D eigenvalue weighted by molar-refractivity contribution is 5.79. The van der Waals surface area contributed by atoms with E-state index in [1.54, 1.807) is 7.11 Å². The summed E-state index contributed by atoms with van der Waals surface area (Å²) in [5, 5.41) is 9.18. The Morgan fingerprint density at radius 1 is 1.16 bits per heavy atom. The van der Waals surface area contributed by atoms with Gasteiger partial charge in [0.25, 0.3) is 0 Å². The van der Waals surface area contributed by atoms with Crippen molar-refractivity contribution in [3.63, 3.8) is 0 Å². The molecule has 31 heavy (non-hydrogen) atoms. The first-order chi connectivity index (χ1) is 14.7. The van der Waals surface area contributed by atoms with Gasteiger partial charge in [0.1, 0.15) is 12.6 Å². The van der Waals surface area contributed by atoms with Crippen LogP contribution in [0.15, 0.2) is 0 Å². The molecule has 9 atom stereocenters. The molecule has 0 aliphatic heterocycles. The van der Waals surface area contributed by atoms with Gasteiger partial charge < -0.3 is 14.6 Å². The lowest BCUT2D eigenvalue weighted by Crippen LogP contribution is -2.59. The highest BCUT2D eigenvalue weighted by Gasteiger charge is 2.63. The predicted octanol–water partition coefficient (Wildman–Crippen LogP) is 5.31. The number of ketones is 1. The van der Waals surface area contributed by atoms with E-state index in [1.165, 1.54) is 25.7 Å². The molecule has 0 heterocycles. The van der Waals surface area contributed by atoms with Crippen LogP contribution in [0.5, 0.6) is 0 Å². The van der Waals surface area contributed by atoms with Gasteiger partial charge in [-0.2, -0.15) is 0 Å². The summed E-state index contributed by atoms with van der Waals surface area (Å²) in [4.78, 5) is 23.4. The number of ether oxygens (including phenoxy) is 2. The first-order valence-electron chi connectivity index (χ1n) is 12.5. The van der Waals surface area contributed by atoms with Crippen molar-refractivity contribution in [3.8, 4) is 0 Å². The van der Waals surface area contributed by atoms with E-state index in [2.05, 4.69) is 20.8 Å². The monoisotopic (exact) mass is 434 g/mol. The number of carbonyl (C=O) groups is 2. The normalized spacial score (nSPS) is 45.5. The number of methoxy groups -OCH3 is 1. The van der Waals surface area contributed by atoms with Crippen LogP contribution in [0, 0.1) is 46.3 Å². The van der Waals surface area contributed by atoms with Crippen LogP contribution in [-0.2, 0) is 19.1 Å². The van der Waals surface area contributed by atoms with E-state index in [0.717, 1.165) is 32.1 Å². The fraction of sp³-hybridized carbons (Fsp3) is 0.923. The van der Waals surface area contributed by atoms with E-state index >= 15 is 0 Å². The fourth-order valence-electron chi connectivity index (χ4n) is 8.85. The van der Waals surface area contributed by atoms with E-state index in [9.17, 15) is 14.7 Å². The Hall–Kier alpha value is -0.940. The highest BCUT2D eigenvalue weighted by Crippen LogP contribution is 2.68. The summed E-state index contributed by atoms with van der Waals surface area (Å²) in [6.07, 6.45) is 9.61. The van der Waals surface area contributed by atoms with Crippen molar-refractivity contribution < 1.29 is 24.2 Å². The van der Waals surface area contributed by atoms with Gasteiger partial charge in [-0.1, -0.05) is 20.8 Å². The maximum absolute atomic E-state index is 12.3. The molecule has 4 rings (SSSR count). The summed E-state index contributed by atoms with van der Waals surface area (Å²) in [5.74, 6) is 3.00. The molecule has 0 unspecified atom stereocenters. The first-order valence-corrected chi connectivity index (χ1v) is 12.5. The van der Waals surface area contributed by atoms with Gasteiger partial charge in [-0.3, -0.25) is 9.59 Å². The molecule has 0 spiro atoms. The van der Waals surface area contributed by atoms with Crippen molar-refractivity contribution in [3.05, 3.63) is 0 Å². The number of carboxylic acid groups (broad SMARTS) is 1. The molecule has 176 valence electrons. The van der Waals surface area contributed by atoms with Crippen LogP contribution >= 0.6 is 0 Å². The molecule has 5 nitrogen and oxygen atoms in total. The van der Waals surface area contributed by atoms with E-state index in [-0.39, 0.29) is 23.4 Å². The van der Waals surface area contributed by atoms with Gasteiger partial charge in [0.05, 0.1) is 6.10 Å². The average Bonchev–Trinajstić information content (AvgIpc) is 3.08. The van der Waals surface area contributed by atoms with Gasteiger partial charge in [-0.25, -0.2) is 0 Å². The van der Waals surface area contributed by atoms with Crippen LogP contribution in [-0.4, -0.2) is 36.9 Å². The standard InChI is InChI=1S/C26H42O5/c1-16(5-8-23(28)29)19-6-7-20-24-21(10-12-26(19,20)3)25(2)11-9-18(27)13-17(25)14-22(24)31-15-30-4/h16-17,19-22,24H,5-15H2,1-4H3,(H,28,29)/t16-,17-,19-,20+,21+,22-,24+,25+,26-/m1/s1. The maximum Gasteiger partial charge on any atom is 0.303 e. The average molecular weight is 435 g/mol. The number of hydrogen-bond donors (Lipinski definition) is 1. The molecule has 4 aliphatic carbocycles. The summed E-state index contributed by atoms with van der Waals surface area (Å²) in [5.41, 5.74) is 0.515. The Bertz CT molecular complexity index is 691. The lowest BCUT2D eigenvalue weighted by Gasteiger charge is -2.62. The predicted molar refractivity (Wildman–Crippen MR) is 118 cm³/mol. The Labute approximate surface area is 187 Å². The molecule has 0 saturated heterocycles. The quantitative estimate of drug-likeness (QED) is 0.549. The van der Waals surface area contributed by atoms with Crippen LogP contribution in [0.4, 0.5) is 0 Å². The smallest absolute Gasteiger partial charge is 0.303 e. The molecule has 0 aromatic carbocycles. The zero-order valence-corrected chi connectivity index (χ0v) is 19.9. The van der Waals surface area contributed by atoms with Crippen molar-refractivity contribution in [2.24, 2.45) is 46.3 Å². The van der Waals surface area contributed by atoms with Crippen LogP contribution < -0.4 is 0 Å². The molecule has 0 aromatic rings. The van der Waals surface area contributed by atoms with Crippen LogP contribution in [0.2, 0.25) is 0 Å². The van der Waals surface area contributed by atoms with Crippen LogP contribution in [0.1, 0.15) is 85.0 Å². The molecule has 1 N–H and O–H groups in total. The van der Waals surface area contributed by atoms with Crippen molar-refractivity contribution in [1.82, 2.24) is 0 Å². The van der Waals surface area contributed by atoms with Gasteiger partial charge in [0, 0.05) is 26.4 Å². The Morgan fingerprint density at radius 3 is 2.61 bits per heavy atom. The van der Waals surface area contributed by atoms with E-state index in [4.69, 9.17) is 9.47 Å². The van der Waals surface area contributed by atoms with Crippen molar-refractivity contribution in [2.75, 3.05) is 13.9 Å². The number of Topliss-reactive ketones (excluding diaryl/α,β-unsaturated/α-hetero) is 1. The number of aliphatic carboxylic acids is 1.